The molecule has 0 radical (unpaired) electrons. The molecule has 2 aliphatic rings. The molecule has 0 bridgehead atoms. The summed E-state index contributed by atoms with van der Waals surface area (Å²) in [5, 5.41) is 4.01. The van der Waals surface area contributed by atoms with Crippen molar-refractivity contribution < 1.29 is 9.18 Å². The molecular formula is C23H28FN7O. The Bertz CT molecular complexity index is 1120. The van der Waals surface area contributed by atoms with Gasteiger partial charge in [-0.05, 0) is 51.4 Å². The highest BCUT2D eigenvalue weighted by molar-refractivity contribution is 5.90. The van der Waals surface area contributed by atoms with E-state index in [9.17, 15) is 9.18 Å². The Labute approximate surface area is 186 Å². The average Bonchev–Trinajstić information content (AvgIpc) is 3.46. The molecule has 2 amide bonds. The number of halogens is 1. The number of nitrogens with zero attached hydrogens (tertiary/aromatic N) is 5. The number of H-pyrrole nitrogens is 1. The summed E-state index contributed by atoms with van der Waals surface area (Å²) in [5.41, 5.74) is 1.90. The number of aryl methyl sites for hydroxylation is 1. The van der Waals surface area contributed by atoms with E-state index in [1.54, 1.807) is 12.4 Å². The molecule has 8 nitrogen and oxygen atoms in total. The van der Waals surface area contributed by atoms with Crippen molar-refractivity contribution in [2.75, 3.05) is 13.1 Å². The molecule has 9 heteroatoms. The molecule has 0 spiro atoms. The lowest BCUT2D eigenvalue weighted by molar-refractivity contribution is 0.195. The fourth-order valence-electron chi connectivity index (χ4n) is 4.92. The van der Waals surface area contributed by atoms with E-state index in [4.69, 9.17) is 0 Å². The van der Waals surface area contributed by atoms with Gasteiger partial charge >= 0.3 is 6.03 Å². The first-order valence-electron chi connectivity index (χ1n) is 11.4. The van der Waals surface area contributed by atoms with Crippen LogP contribution < -0.4 is 5.32 Å². The second-order valence-electron chi connectivity index (χ2n) is 8.95. The van der Waals surface area contributed by atoms with E-state index in [0.29, 0.717) is 29.4 Å². The molecule has 1 aliphatic carbocycles. The van der Waals surface area contributed by atoms with Gasteiger partial charge in [0.25, 0.3) is 0 Å². The van der Waals surface area contributed by atoms with Crippen molar-refractivity contribution in [3.05, 3.63) is 35.9 Å². The summed E-state index contributed by atoms with van der Waals surface area (Å²) < 4.78 is 14.6. The van der Waals surface area contributed by atoms with Gasteiger partial charge in [-0.25, -0.2) is 29.1 Å². The topological polar surface area (TPSA) is 99.7 Å². The normalized spacial score (nSPS) is 21.2. The van der Waals surface area contributed by atoms with Crippen molar-refractivity contribution in [3.8, 4) is 11.4 Å². The van der Waals surface area contributed by atoms with Crippen molar-refractivity contribution in [1.82, 2.24) is 35.1 Å². The predicted octanol–water partition coefficient (Wildman–Crippen LogP) is 3.77. The molecule has 2 fully saturated rings. The molecule has 32 heavy (non-hydrogen) atoms. The van der Waals surface area contributed by atoms with E-state index in [1.165, 1.54) is 6.20 Å². The predicted molar refractivity (Wildman–Crippen MR) is 118 cm³/mol. The highest BCUT2D eigenvalue weighted by atomic mass is 19.1. The molecule has 3 aromatic heterocycles. The Morgan fingerprint density at radius 2 is 2.03 bits per heavy atom. The first-order valence-corrected chi connectivity index (χ1v) is 11.4. The van der Waals surface area contributed by atoms with Crippen LogP contribution in [-0.4, -0.2) is 55.0 Å². The van der Waals surface area contributed by atoms with Gasteiger partial charge in [-0.2, -0.15) is 0 Å². The minimum atomic E-state index is -0.385. The molecule has 1 aliphatic heterocycles. The fourth-order valence-corrected chi connectivity index (χ4v) is 4.92. The second-order valence-corrected chi connectivity index (χ2v) is 8.95. The van der Waals surface area contributed by atoms with Crippen LogP contribution in [0.15, 0.2) is 18.6 Å². The van der Waals surface area contributed by atoms with Crippen LogP contribution in [0.2, 0.25) is 0 Å². The number of likely N-dealkylation sites (tertiary alicyclic amines) is 1. The fraction of sp³-hybridized carbons (Fsp3) is 0.522. The zero-order chi connectivity index (χ0) is 22.1. The Hall–Kier alpha value is -3.10. The zero-order valence-electron chi connectivity index (χ0n) is 18.3. The number of carbonyl (C=O) groups is 1. The number of carbonyl (C=O) groups excluding carboxylic acids is 1. The van der Waals surface area contributed by atoms with Gasteiger partial charge in [0.1, 0.15) is 11.5 Å². The molecule has 2 N–H and O–H groups in total. The van der Waals surface area contributed by atoms with Gasteiger partial charge in [0.05, 0.1) is 11.9 Å². The maximum atomic E-state index is 14.6. The standard InChI is InChI=1S/C23H28FN7O/c1-14-25-11-17-18(12-26-21(17)28-14)22-27-13-19(24)20(30-22)10-15-5-4-6-16(9-15)29-23(32)31-7-2-3-8-31/h11-13,15-16H,2-10H2,1H3,(H,29,32)(H,25,26,28)/t15-,16+/m1/s1. The quantitative estimate of drug-likeness (QED) is 0.647. The summed E-state index contributed by atoms with van der Waals surface area (Å²) in [6.45, 7) is 3.52. The summed E-state index contributed by atoms with van der Waals surface area (Å²) in [7, 11) is 0. The Kier molecular flexibility index (Phi) is 5.71. The van der Waals surface area contributed by atoms with Crippen LogP contribution in [0.25, 0.3) is 22.4 Å². The third kappa shape index (κ3) is 4.28. The lowest BCUT2D eigenvalue weighted by Crippen LogP contribution is -2.45. The van der Waals surface area contributed by atoms with Crippen LogP contribution in [-0.2, 0) is 6.42 Å². The summed E-state index contributed by atoms with van der Waals surface area (Å²) in [6.07, 6.45) is 11.3. The molecular weight excluding hydrogens is 409 g/mol. The number of fused-ring (bicyclic) bond motifs is 1. The Balaban J connectivity index is 1.30. The van der Waals surface area contributed by atoms with Crippen LogP contribution in [0.4, 0.5) is 9.18 Å². The van der Waals surface area contributed by atoms with Gasteiger partial charge in [0, 0.05) is 42.5 Å². The van der Waals surface area contributed by atoms with Crippen molar-refractivity contribution in [1.29, 1.82) is 0 Å². The van der Waals surface area contributed by atoms with Crippen molar-refractivity contribution in [2.45, 2.75) is 57.9 Å². The summed E-state index contributed by atoms with van der Waals surface area (Å²) in [6, 6.07) is 0.181. The van der Waals surface area contributed by atoms with E-state index in [2.05, 4.69) is 30.2 Å². The van der Waals surface area contributed by atoms with Gasteiger partial charge in [0.15, 0.2) is 11.6 Å². The maximum Gasteiger partial charge on any atom is 0.317 e. The number of urea groups is 1. The number of aromatic amines is 1. The van der Waals surface area contributed by atoms with Crippen molar-refractivity contribution in [2.24, 2.45) is 5.92 Å². The summed E-state index contributed by atoms with van der Waals surface area (Å²) in [5.74, 6) is 1.04. The molecule has 168 valence electrons. The number of nitrogens with one attached hydrogen (secondary N) is 2. The monoisotopic (exact) mass is 437 g/mol. The lowest BCUT2D eigenvalue weighted by Gasteiger charge is -2.31. The summed E-state index contributed by atoms with van der Waals surface area (Å²) >= 11 is 0. The molecule has 3 aromatic rings. The average molecular weight is 438 g/mol. The Morgan fingerprint density at radius 1 is 1.19 bits per heavy atom. The molecule has 5 rings (SSSR count). The Morgan fingerprint density at radius 3 is 2.88 bits per heavy atom. The van der Waals surface area contributed by atoms with Crippen LogP contribution in [0.3, 0.4) is 0 Å². The van der Waals surface area contributed by atoms with Gasteiger partial charge in [-0.15, -0.1) is 0 Å². The van der Waals surface area contributed by atoms with Crippen LogP contribution in [0, 0.1) is 18.7 Å². The second kappa shape index (κ2) is 8.80. The smallest absolute Gasteiger partial charge is 0.317 e. The zero-order valence-corrected chi connectivity index (χ0v) is 18.3. The SMILES string of the molecule is Cc1ncc2c(-c3ncc(F)c(C[C@@H]4CCC[C@H](NC(=O)N5CCCC5)C4)n3)c[nH]c2n1. The van der Waals surface area contributed by atoms with Gasteiger partial charge in [-0.3, -0.25) is 0 Å². The number of hydrogen-bond donors (Lipinski definition) is 2. The molecule has 1 saturated carbocycles. The lowest BCUT2D eigenvalue weighted by atomic mass is 9.83. The van der Waals surface area contributed by atoms with Crippen LogP contribution in [0.1, 0.15) is 50.0 Å². The third-order valence-electron chi connectivity index (χ3n) is 6.60. The highest BCUT2D eigenvalue weighted by Gasteiger charge is 2.27. The molecule has 0 unspecified atom stereocenters. The number of rotatable bonds is 4. The third-order valence-corrected chi connectivity index (χ3v) is 6.60. The van der Waals surface area contributed by atoms with Crippen molar-refractivity contribution in [3.63, 3.8) is 0 Å². The summed E-state index contributed by atoms with van der Waals surface area (Å²) in [4.78, 5) is 34.9. The van der Waals surface area contributed by atoms with Gasteiger partial charge in [0.2, 0.25) is 0 Å². The van der Waals surface area contributed by atoms with Gasteiger partial charge < -0.3 is 15.2 Å². The van der Waals surface area contributed by atoms with E-state index in [1.807, 2.05) is 11.8 Å². The molecule has 4 heterocycles. The molecule has 2 atom stereocenters. The van der Waals surface area contributed by atoms with E-state index < -0.39 is 0 Å². The van der Waals surface area contributed by atoms with Crippen LogP contribution in [0.5, 0.6) is 0 Å². The highest BCUT2D eigenvalue weighted by Crippen LogP contribution is 2.30. The minimum absolute atomic E-state index is 0.0421. The van der Waals surface area contributed by atoms with E-state index in [0.717, 1.165) is 62.6 Å². The minimum Gasteiger partial charge on any atom is -0.345 e. The maximum absolute atomic E-state index is 14.6. The van der Waals surface area contributed by atoms with Gasteiger partial charge in [-0.1, -0.05) is 6.42 Å². The molecule has 1 saturated heterocycles. The van der Waals surface area contributed by atoms with Crippen LogP contribution >= 0.6 is 0 Å². The number of hydrogen-bond acceptors (Lipinski definition) is 5. The molecule has 0 aromatic carbocycles. The first kappa shape index (κ1) is 20.8. The number of amides is 2. The van der Waals surface area contributed by atoms with Crippen molar-refractivity contribution >= 4 is 17.1 Å². The van der Waals surface area contributed by atoms with E-state index >= 15 is 0 Å². The van der Waals surface area contributed by atoms with E-state index in [-0.39, 0.29) is 23.8 Å². The largest absolute Gasteiger partial charge is 0.345 e. The number of aromatic nitrogens is 5. The first-order chi connectivity index (χ1) is 15.6.